The van der Waals surface area contributed by atoms with Gasteiger partial charge in [-0.05, 0) is 140 Å². The highest BCUT2D eigenvalue weighted by Gasteiger charge is 2.46. The molecule has 2 heteroatoms. The van der Waals surface area contributed by atoms with Gasteiger partial charge in [0, 0.05) is 22.3 Å². The zero-order chi connectivity index (χ0) is 24.7. The van der Waals surface area contributed by atoms with Gasteiger partial charge in [0.05, 0.1) is 9.79 Å². The summed E-state index contributed by atoms with van der Waals surface area (Å²) in [6, 6.07) is 0. The Bertz CT molecular complexity index is 1220. The Kier molecular flexibility index (Phi) is 6.11. The maximum atomic E-state index is 2.37. The van der Waals surface area contributed by atoms with Crippen molar-refractivity contribution in [2.75, 3.05) is 0 Å². The van der Waals surface area contributed by atoms with Crippen LogP contribution in [0.2, 0.25) is 0 Å². The molecule has 1 aliphatic rings. The molecule has 0 saturated heterocycles. The third kappa shape index (κ3) is 3.27. The first-order valence-electron chi connectivity index (χ1n) is 12.0. The van der Waals surface area contributed by atoms with Crippen molar-refractivity contribution in [3.8, 4) is 0 Å². The highest BCUT2D eigenvalue weighted by molar-refractivity contribution is 8.04. The highest BCUT2D eigenvalue weighted by Crippen LogP contribution is 2.56. The molecule has 0 nitrogen and oxygen atoms in total. The molecule has 0 aliphatic carbocycles. The van der Waals surface area contributed by atoms with E-state index in [1.165, 1.54) is 82.1 Å². The monoisotopic (exact) mass is 475 g/mol. The summed E-state index contributed by atoms with van der Waals surface area (Å²) in [6.07, 6.45) is 0. The second kappa shape index (κ2) is 8.24. The average molecular weight is 476 g/mol. The number of fused-ring (bicyclic) bond motifs is 2. The van der Waals surface area contributed by atoms with Gasteiger partial charge in [-0.1, -0.05) is 11.8 Å². The van der Waals surface area contributed by atoms with E-state index >= 15 is 0 Å². The lowest BCUT2D eigenvalue weighted by Gasteiger charge is -2.30. The number of benzene rings is 3. The highest BCUT2D eigenvalue weighted by atomic mass is 32.2. The molecule has 3 aromatic carbocycles. The van der Waals surface area contributed by atoms with E-state index in [1.54, 1.807) is 14.7 Å². The van der Waals surface area contributed by atoms with Crippen LogP contribution in [0.4, 0.5) is 0 Å². The molecule has 4 rings (SSSR count). The molecule has 0 spiro atoms. The van der Waals surface area contributed by atoms with Crippen molar-refractivity contribution < 1.29 is 0 Å². The van der Waals surface area contributed by atoms with E-state index in [-0.39, 0.29) is 10.9 Å². The molecule has 174 valence electrons. The minimum atomic E-state index is -0.112. The van der Waals surface area contributed by atoms with Gasteiger partial charge in [0.1, 0.15) is 10.9 Å². The number of hydrogen-bond acceptors (Lipinski definition) is 1. The van der Waals surface area contributed by atoms with Crippen molar-refractivity contribution in [3.05, 3.63) is 72.3 Å². The van der Waals surface area contributed by atoms with Gasteiger partial charge < -0.3 is 0 Å². The standard InChI is InChI=1S/C31H39S2/c1-14-17(4)23(10)29(24(11)18(14)5)33-30-25(12)19(6)15(2)21(8)27(30)32-28-22(9)16(3)20(7)26(13)31(28)33/h1-13H3/q+1. The fourth-order valence-corrected chi connectivity index (χ4v) is 10.6. The van der Waals surface area contributed by atoms with Crippen LogP contribution >= 0.6 is 11.8 Å². The maximum Gasteiger partial charge on any atom is 0.183 e. The zero-order valence-electron chi connectivity index (χ0n) is 22.8. The first-order chi connectivity index (χ1) is 15.3. The summed E-state index contributed by atoms with van der Waals surface area (Å²) in [5, 5.41) is 0. The van der Waals surface area contributed by atoms with Gasteiger partial charge in [-0.15, -0.1) is 0 Å². The van der Waals surface area contributed by atoms with Gasteiger partial charge in [0.15, 0.2) is 14.7 Å². The Morgan fingerprint density at radius 1 is 0.303 bits per heavy atom. The second-order valence-corrected chi connectivity index (χ2v) is 13.0. The Balaban J connectivity index is 2.28. The van der Waals surface area contributed by atoms with Crippen LogP contribution in [0.1, 0.15) is 72.3 Å². The van der Waals surface area contributed by atoms with Crippen molar-refractivity contribution in [2.24, 2.45) is 0 Å². The molecule has 3 aromatic rings. The third-order valence-electron chi connectivity index (χ3n) is 8.90. The van der Waals surface area contributed by atoms with Crippen LogP contribution in [-0.2, 0) is 10.9 Å². The van der Waals surface area contributed by atoms with Crippen molar-refractivity contribution in [3.63, 3.8) is 0 Å². The van der Waals surface area contributed by atoms with Gasteiger partial charge in [0.25, 0.3) is 0 Å². The van der Waals surface area contributed by atoms with Crippen LogP contribution < -0.4 is 0 Å². The van der Waals surface area contributed by atoms with E-state index in [0.717, 1.165) is 0 Å². The van der Waals surface area contributed by atoms with Crippen molar-refractivity contribution >= 4 is 22.7 Å². The third-order valence-corrected chi connectivity index (χ3v) is 13.4. The van der Waals surface area contributed by atoms with E-state index in [9.17, 15) is 0 Å². The topological polar surface area (TPSA) is 0 Å². The van der Waals surface area contributed by atoms with Crippen LogP contribution in [0.15, 0.2) is 24.5 Å². The molecule has 0 bridgehead atoms. The molecule has 1 aliphatic heterocycles. The quantitative estimate of drug-likeness (QED) is 0.247. The van der Waals surface area contributed by atoms with Crippen molar-refractivity contribution in [1.29, 1.82) is 0 Å². The molecule has 0 radical (unpaired) electrons. The van der Waals surface area contributed by atoms with Crippen molar-refractivity contribution in [2.45, 2.75) is 114 Å². The van der Waals surface area contributed by atoms with Gasteiger partial charge >= 0.3 is 0 Å². The van der Waals surface area contributed by atoms with Crippen LogP contribution in [0, 0.1) is 90.0 Å². The molecule has 0 fully saturated rings. The molecule has 0 amide bonds. The Hall–Kier alpha value is -1.64. The first-order valence-corrected chi connectivity index (χ1v) is 14.1. The summed E-state index contributed by atoms with van der Waals surface area (Å²) in [5.41, 5.74) is 19.0. The predicted molar refractivity (Wildman–Crippen MR) is 147 cm³/mol. The summed E-state index contributed by atoms with van der Waals surface area (Å²) in [4.78, 5) is 7.73. The van der Waals surface area contributed by atoms with Crippen LogP contribution in [0.5, 0.6) is 0 Å². The average Bonchev–Trinajstić information content (AvgIpc) is 2.80. The van der Waals surface area contributed by atoms with Crippen LogP contribution in [-0.4, -0.2) is 0 Å². The minimum absolute atomic E-state index is 0.112. The Morgan fingerprint density at radius 2 is 0.545 bits per heavy atom. The molecule has 0 N–H and O–H groups in total. The van der Waals surface area contributed by atoms with Gasteiger partial charge in [-0.3, -0.25) is 0 Å². The number of hydrogen-bond donors (Lipinski definition) is 0. The second-order valence-electron chi connectivity index (χ2n) is 10.2. The molecule has 0 aromatic heterocycles. The van der Waals surface area contributed by atoms with E-state index < -0.39 is 0 Å². The molecule has 0 atom stereocenters. The molecular weight excluding hydrogens is 436 g/mol. The zero-order valence-corrected chi connectivity index (χ0v) is 24.4. The fraction of sp³-hybridized carbons (Fsp3) is 0.419. The number of rotatable bonds is 1. The molecule has 0 saturated carbocycles. The van der Waals surface area contributed by atoms with Crippen LogP contribution in [0.3, 0.4) is 0 Å². The normalized spacial score (nSPS) is 13.4. The molecular formula is C31H39S2+. The van der Waals surface area contributed by atoms with Crippen molar-refractivity contribution in [1.82, 2.24) is 0 Å². The van der Waals surface area contributed by atoms with E-state index in [0.29, 0.717) is 0 Å². The molecule has 33 heavy (non-hydrogen) atoms. The Morgan fingerprint density at radius 3 is 0.879 bits per heavy atom. The first kappa shape index (κ1) is 24.5. The minimum Gasteiger partial charge on any atom is -0.0789 e. The summed E-state index contributed by atoms with van der Waals surface area (Å²) >= 11 is 2.04. The fourth-order valence-electron chi connectivity index (χ4n) is 5.40. The lowest BCUT2D eigenvalue weighted by atomic mass is 9.95. The SMILES string of the molecule is Cc1c(C)c(C)c([S+]2c3c(C)c(C)c(C)c(C)c3Sc3c(C)c(C)c(C)c(C)c32)c(C)c1C. The van der Waals surface area contributed by atoms with E-state index in [4.69, 9.17) is 0 Å². The molecule has 1 heterocycles. The summed E-state index contributed by atoms with van der Waals surface area (Å²) < 4.78 is 0. The largest absolute Gasteiger partial charge is 0.183 e. The van der Waals surface area contributed by atoms with Gasteiger partial charge in [-0.2, -0.15) is 0 Å². The maximum absolute atomic E-state index is 2.37. The van der Waals surface area contributed by atoms with Crippen LogP contribution in [0.25, 0.3) is 0 Å². The summed E-state index contributed by atoms with van der Waals surface area (Å²) in [5.74, 6) is 0. The lowest BCUT2D eigenvalue weighted by molar-refractivity contribution is 0.968. The van der Waals surface area contributed by atoms with Gasteiger partial charge in [-0.25, -0.2) is 0 Å². The Labute approximate surface area is 208 Å². The molecule has 0 unspecified atom stereocenters. The lowest BCUT2D eigenvalue weighted by Crippen LogP contribution is -2.21. The predicted octanol–water partition coefficient (Wildman–Crippen LogP) is 9.26. The smallest absolute Gasteiger partial charge is 0.0789 e. The van der Waals surface area contributed by atoms with E-state index in [2.05, 4.69) is 90.0 Å². The summed E-state index contributed by atoms with van der Waals surface area (Å²) in [7, 11) is -0.112. The van der Waals surface area contributed by atoms with Gasteiger partial charge in [0.2, 0.25) is 0 Å². The summed E-state index contributed by atoms with van der Waals surface area (Å²) in [6.45, 7) is 30.3. The van der Waals surface area contributed by atoms with E-state index in [1.807, 2.05) is 11.8 Å².